The molecule has 1 aromatic heterocycles. The molecule has 2 aromatic carbocycles. The largest absolute Gasteiger partial charge is 0.207 e. The molecule has 0 nitrogen and oxygen atoms in total. The molecule has 0 N–H and O–H groups in total. The summed E-state index contributed by atoms with van der Waals surface area (Å²) < 4.78 is 26.7. The van der Waals surface area contributed by atoms with E-state index in [1.54, 1.807) is 11.3 Å². The second-order valence-corrected chi connectivity index (χ2v) is 6.70. The summed E-state index contributed by atoms with van der Waals surface area (Å²) in [6.07, 6.45) is 0.843. The maximum Gasteiger partial charge on any atom is 0.126 e. The summed E-state index contributed by atoms with van der Waals surface area (Å²) in [6.45, 7) is 4.18. The second-order valence-electron chi connectivity index (χ2n) is 5.53. The van der Waals surface area contributed by atoms with E-state index in [1.165, 1.54) is 33.7 Å². The predicted molar refractivity (Wildman–Crippen MR) is 88.4 cm³/mol. The van der Waals surface area contributed by atoms with Crippen LogP contribution in [0.2, 0.25) is 0 Å². The maximum absolute atomic E-state index is 13.3. The molecule has 0 aliphatic carbocycles. The first-order valence-corrected chi connectivity index (χ1v) is 7.94. The summed E-state index contributed by atoms with van der Waals surface area (Å²) in [6, 6.07) is 14.0. The van der Waals surface area contributed by atoms with Gasteiger partial charge in [-0.25, -0.2) is 8.78 Å². The van der Waals surface area contributed by atoms with Crippen LogP contribution >= 0.6 is 11.3 Å². The van der Waals surface area contributed by atoms with Crippen LogP contribution in [-0.2, 0) is 6.42 Å². The fourth-order valence-corrected chi connectivity index (χ4v) is 3.52. The molecule has 112 valence electrons. The molecule has 3 aromatic rings. The van der Waals surface area contributed by atoms with E-state index in [9.17, 15) is 8.78 Å². The Labute approximate surface area is 133 Å². The van der Waals surface area contributed by atoms with Crippen molar-refractivity contribution in [3.8, 4) is 10.4 Å². The smallest absolute Gasteiger partial charge is 0.126 e. The van der Waals surface area contributed by atoms with Crippen LogP contribution in [0.3, 0.4) is 0 Å². The monoisotopic (exact) mass is 314 g/mol. The SMILES string of the molecule is Cc1ccc(C)c(Cc2ccc(-c3cc(F)cc(F)c3)s2)c1. The minimum absolute atomic E-state index is 0.542. The molecule has 3 rings (SSSR count). The van der Waals surface area contributed by atoms with Crippen molar-refractivity contribution in [3.63, 3.8) is 0 Å². The zero-order valence-corrected chi connectivity index (χ0v) is 13.3. The molecule has 0 amide bonds. The summed E-state index contributed by atoms with van der Waals surface area (Å²) in [4.78, 5) is 2.08. The average Bonchev–Trinajstić information content (AvgIpc) is 2.90. The van der Waals surface area contributed by atoms with E-state index in [0.29, 0.717) is 5.56 Å². The summed E-state index contributed by atoms with van der Waals surface area (Å²) in [5.74, 6) is -1.08. The van der Waals surface area contributed by atoms with Gasteiger partial charge in [-0.15, -0.1) is 11.3 Å². The van der Waals surface area contributed by atoms with Gasteiger partial charge in [0.05, 0.1) is 0 Å². The topological polar surface area (TPSA) is 0 Å². The van der Waals surface area contributed by atoms with Gasteiger partial charge in [0.1, 0.15) is 11.6 Å². The minimum Gasteiger partial charge on any atom is -0.207 e. The van der Waals surface area contributed by atoms with Gasteiger partial charge in [0.2, 0.25) is 0 Å². The van der Waals surface area contributed by atoms with Gasteiger partial charge in [-0.3, -0.25) is 0 Å². The number of hydrogen-bond acceptors (Lipinski definition) is 1. The van der Waals surface area contributed by atoms with E-state index in [4.69, 9.17) is 0 Å². The van der Waals surface area contributed by atoms with Gasteiger partial charge >= 0.3 is 0 Å². The Morgan fingerprint density at radius 2 is 1.59 bits per heavy atom. The lowest BCUT2D eigenvalue weighted by molar-refractivity contribution is 0.584. The molecular weight excluding hydrogens is 298 g/mol. The Bertz CT molecular complexity index is 798. The van der Waals surface area contributed by atoms with Crippen LogP contribution in [0.15, 0.2) is 48.5 Å². The molecule has 0 aliphatic heterocycles. The minimum atomic E-state index is -0.542. The summed E-state index contributed by atoms with van der Waals surface area (Å²) >= 11 is 1.58. The van der Waals surface area contributed by atoms with E-state index < -0.39 is 11.6 Å². The van der Waals surface area contributed by atoms with Crippen molar-refractivity contribution < 1.29 is 8.78 Å². The maximum atomic E-state index is 13.3. The first kappa shape index (κ1) is 14.9. The van der Waals surface area contributed by atoms with Crippen molar-refractivity contribution in [2.24, 2.45) is 0 Å². The molecule has 0 bridgehead atoms. The third-order valence-corrected chi connectivity index (χ3v) is 4.81. The number of benzene rings is 2. The Morgan fingerprint density at radius 3 is 2.32 bits per heavy atom. The van der Waals surface area contributed by atoms with Crippen LogP contribution in [0.4, 0.5) is 8.78 Å². The van der Waals surface area contributed by atoms with Gasteiger partial charge in [-0.1, -0.05) is 23.8 Å². The number of rotatable bonds is 3. The Morgan fingerprint density at radius 1 is 0.864 bits per heavy atom. The van der Waals surface area contributed by atoms with Gasteiger partial charge in [0.15, 0.2) is 0 Å². The second kappa shape index (κ2) is 6.01. The Kier molecular flexibility index (Phi) is 4.08. The standard InChI is InChI=1S/C19H16F2S/c1-12-3-4-13(2)14(7-12)10-18-5-6-19(22-18)15-8-16(20)11-17(21)9-15/h3-9,11H,10H2,1-2H3. The van der Waals surface area contributed by atoms with Crippen molar-refractivity contribution in [1.29, 1.82) is 0 Å². The molecule has 0 saturated heterocycles. The molecule has 1 heterocycles. The van der Waals surface area contributed by atoms with E-state index in [-0.39, 0.29) is 0 Å². The molecule has 0 radical (unpaired) electrons. The summed E-state index contributed by atoms with van der Waals surface area (Å²) in [5, 5.41) is 0. The Balaban J connectivity index is 1.89. The van der Waals surface area contributed by atoms with Crippen molar-refractivity contribution in [2.45, 2.75) is 20.3 Å². The molecule has 0 fully saturated rings. The number of hydrogen-bond donors (Lipinski definition) is 0. The van der Waals surface area contributed by atoms with Crippen molar-refractivity contribution >= 4 is 11.3 Å². The number of halogens is 2. The molecule has 22 heavy (non-hydrogen) atoms. The zero-order chi connectivity index (χ0) is 15.7. The lowest BCUT2D eigenvalue weighted by Gasteiger charge is -2.05. The van der Waals surface area contributed by atoms with Crippen molar-refractivity contribution in [1.82, 2.24) is 0 Å². The predicted octanol–water partition coefficient (Wildman–Crippen LogP) is 5.90. The van der Waals surface area contributed by atoms with Gasteiger partial charge in [0, 0.05) is 22.2 Å². The van der Waals surface area contributed by atoms with Crippen LogP contribution in [0.1, 0.15) is 21.6 Å². The number of aryl methyl sites for hydroxylation is 2. The fourth-order valence-electron chi connectivity index (χ4n) is 2.50. The van der Waals surface area contributed by atoms with E-state index >= 15 is 0 Å². The molecule has 0 atom stereocenters. The third-order valence-electron chi connectivity index (χ3n) is 3.68. The van der Waals surface area contributed by atoms with E-state index in [1.807, 2.05) is 12.1 Å². The van der Waals surface area contributed by atoms with Gasteiger partial charge < -0.3 is 0 Å². The van der Waals surface area contributed by atoms with Crippen molar-refractivity contribution in [3.05, 3.63) is 81.7 Å². The highest BCUT2D eigenvalue weighted by Gasteiger charge is 2.08. The molecule has 0 aliphatic rings. The highest BCUT2D eigenvalue weighted by Crippen LogP contribution is 2.31. The van der Waals surface area contributed by atoms with Crippen LogP contribution < -0.4 is 0 Å². The first-order chi connectivity index (χ1) is 10.5. The fraction of sp³-hybridized carbons (Fsp3) is 0.158. The first-order valence-electron chi connectivity index (χ1n) is 7.12. The number of thiophene rings is 1. The highest BCUT2D eigenvalue weighted by molar-refractivity contribution is 7.15. The van der Waals surface area contributed by atoms with Crippen LogP contribution in [0, 0.1) is 25.5 Å². The van der Waals surface area contributed by atoms with Gasteiger partial charge in [-0.05, 0) is 54.8 Å². The van der Waals surface area contributed by atoms with Crippen LogP contribution in [-0.4, -0.2) is 0 Å². The molecule has 3 heteroatoms. The molecule has 0 spiro atoms. The van der Waals surface area contributed by atoms with Crippen LogP contribution in [0.5, 0.6) is 0 Å². The van der Waals surface area contributed by atoms with Gasteiger partial charge in [-0.2, -0.15) is 0 Å². The summed E-state index contributed by atoms with van der Waals surface area (Å²) in [5.41, 5.74) is 4.38. The molecule has 0 unspecified atom stereocenters. The summed E-state index contributed by atoms with van der Waals surface area (Å²) in [7, 11) is 0. The lowest BCUT2D eigenvalue weighted by Crippen LogP contribution is -1.90. The van der Waals surface area contributed by atoms with E-state index in [2.05, 4.69) is 32.0 Å². The quantitative estimate of drug-likeness (QED) is 0.564. The normalized spacial score (nSPS) is 10.9. The molecular formula is C19H16F2S. The lowest BCUT2D eigenvalue weighted by atomic mass is 10.0. The van der Waals surface area contributed by atoms with Gasteiger partial charge in [0.25, 0.3) is 0 Å². The highest BCUT2D eigenvalue weighted by atomic mass is 32.1. The average molecular weight is 314 g/mol. The Hall–Kier alpha value is -2.00. The third kappa shape index (κ3) is 3.25. The van der Waals surface area contributed by atoms with Crippen LogP contribution in [0.25, 0.3) is 10.4 Å². The molecule has 0 saturated carbocycles. The van der Waals surface area contributed by atoms with Crippen molar-refractivity contribution in [2.75, 3.05) is 0 Å². The zero-order valence-electron chi connectivity index (χ0n) is 12.5. The van der Waals surface area contributed by atoms with E-state index in [0.717, 1.165) is 17.4 Å².